The van der Waals surface area contributed by atoms with E-state index in [4.69, 9.17) is 0 Å². The van der Waals surface area contributed by atoms with Gasteiger partial charge in [0.05, 0.1) is 5.69 Å². The summed E-state index contributed by atoms with van der Waals surface area (Å²) < 4.78 is 0. The number of hydrogen-bond acceptors (Lipinski definition) is 2. The molecule has 1 aromatic rings. The van der Waals surface area contributed by atoms with Gasteiger partial charge in [0, 0.05) is 13.0 Å². The van der Waals surface area contributed by atoms with E-state index in [1.165, 1.54) is 12.8 Å². The molecule has 1 aliphatic rings. The van der Waals surface area contributed by atoms with Crippen molar-refractivity contribution in [3.05, 3.63) is 29.3 Å². The number of nitrogens with one attached hydrogen (secondary N) is 1. The summed E-state index contributed by atoms with van der Waals surface area (Å²) in [5, 5.41) is 3.10. The number of benzene rings is 1. The largest absolute Gasteiger partial charge is 0.352 e. The van der Waals surface area contributed by atoms with Crippen molar-refractivity contribution in [2.75, 3.05) is 11.4 Å². The second-order valence-electron chi connectivity index (χ2n) is 7.75. The summed E-state index contributed by atoms with van der Waals surface area (Å²) in [6, 6.07) is 6.45. The Labute approximate surface area is 152 Å². The van der Waals surface area contributed by atoms with Crippen molar-refractivity contribution in [3.8, 4) is 0 Å². The maximum atomic E-state index is 12.5. The highest BCUT2D eigenvalue weighted by molar-refractivity contribution is 5.99. The van der Waals surface area contributed by atoms with E-state index in [1.54, 1.807) is 11.8 Å². The van der Waals surface area contributed by atoms with Crippen LogP contribution in [-0.4, -0.2) is 24.4 Å². The highest BCUT2D eigenvalue weighted by atomic mass is 16.2. The van der Waals surface area contributed by atoms with E-state index in [1.807, 2.05) is 6.07 Å². The first-order chi connectivity index (χ1) is 11.8. The summed E-state index contributed by atoms with van der Waals surface area (Å²) in [6.45, 7) is 10.1. The van der Waals surface area contributed by atoms with Crippen LogP contribution < -0.4 is 10.2 Å². The van der Waals surface area contributed by atoms with Crippen LogP contribution in [0.1, 0.15) is 83.3 Å². The van der Waals surface area contributed by atoms with Crippen LogP contribution in [0.4, 0.5) is 5.69 Å². The minimum absolute atomic E-state index is 0.0598. The van der Waals surface area contributed by atoms with E-state index < -0.39 is 0 Å². The predicted molar refractivity (Wildman–Crippen MR) is 103 cm³/mol. The molecule has 0 unspecified atom stereocenters. The van der Waals surface area contributed by atoms with Gasteiger partial charge in [0.2, 0.25) is 11.8 Å². The molecule has 0 bridgehead atoms. The molecule has 138 valence electrons. The molecule has 1 N–H and O–H groups in total. The number of nitrogens with zero attached hydrogens (tertiary/aromatic N) is 1. The third kappa shape index (κ3) is 4.83. The van der Waals surface area contributed by atoms with E-state index in [-0.39, 0.29) is 36.2 Å². The number of hydrogen-bond donors (Lipinski definition) is 1. The van der Waals surface area contributed by atoms with Crippen LogP contribution >= 0.6 is 0 Å². The molecule has 25 heavy (non-hydrogen) atoms. The zero-order chi connectivity index (χ0) is 18.6. The first-order valence-electron chi connectivity index (χ1n) is 9.51. The van der Waals surface area contributed by atoms with Crippen LogP contribution in [0.25, 0.3) is 0 Å². The Morgan fingerprint density at radius 2 is 1.60 bits per heavy atom. The topological polar surface area (TPSA) is 49.4 Å². The lowest BCUT2D eigenvalue weighted by atomic mass is 9.91. The molecule has 0 saturated heterocycles. The smallest absolute Gasteiger partial charge is 0.240 e. The average Bonchev–Trinajstić information content (AvgIpc) is 3.04. The van der Waals surface area contributed by atoms with E-state index in [9.17, 15) is 9.59 Å². The van der Waals surface area contributed by atoms with Gasteiger partial charge in [-0.05, 0) is 35.8 Å². The van der Waals surface area contributed by atoms with Gasteiger partial charge in [-0.2, -0.15) is 0 Å². The molecule has 1 fully saturated rings. The van der Waals surface area contributed by atoms with Crippen LogP contribution in [0, 0.1) is 0 Å². The van der Waals surface area contributed by atoms with Crippen LogP contribution in [-0.2, 0) is 9.59 Å². The normalized spacial score (nSPS) is 15.0. The van der Waals surface area contributed by atoms with Gasteiger partial charge in [0.25, 0.3) is 0 Å². The summed E-state index contributed by atoms with van der Waals surface area (Å²) >= 11 is 0. The van der Waals surface area contributed by atoms with E-state index >= 15 is 0 Å². The molecule has 4 nitrogen and oxygen atoms in total. The summed E-state index contributed by atoms with van der Waals surface area (Å²) in [7, 11) is 0. The summed E-state index contributed by atoms with van der Waals surface area (Å²) in [4.78, 5) is 26.6. The van der Waals surface area contributed by atoms with E-state index in [2.05, 4.69) is 45.1 Å². The number of rotatable bonds is 6. The summed E-state index contributed by atoms with van der Waals surface area (Å²) in [6.07, 6.45) is 4.45. The third-order valence-corrected chi connectivity index (χ3v) is 5.01. The van der Waals surface area contributed by atoms with Crippen LogP contribution in [0.3, 0.4) is 0 Å². The van der Waals surface area contributed by atoms with Crippen molar-refractivity contribution >= 4 is 17.5 Å². The summed E-state index contributed by atoms with van der Waals surface area (Å²) in [5.41, 5.74) is 3.16. The van der Waals surface area contributed by atoms with Gasteiger partial charge in [-0.25, -0.2) is 0 Å². The lowest BCUT2D eigenvalue weighted by molar-refractivity contribution is -0.123. The van der Waals surface area contributed by atoms with Gasteiger partial charge < -0.3 is 10.2 Å². The van der Waals surface area contributed by atoms with Gasteiger partial charge in [-0.1, -0.05) is 58.7 Å². The van der Waals surface area contributed by atoms with Gasteiger partial charge in [-0.15, -0.1) is 0 Å². The predicted octanol–water partition coefficient (Wildman–Crippen LogP) is 4.35. The van der Waals surface area contributed by atoms with Crippen molar-refractivity contribution in [3.63, 3.8) is 0 Å². The SMILES string of the molecule is CC(=O)N(CC(=O)NC1CCCC1)c1c(C(C)C)cccc1C(C)C. The zero-order valence-electron chi connectivity index (χ0n) is 16.3. The molecule has 0 heterocycles. The molecule has 0 atom stereocenters. The average molecular weight is 344 g/mol. The second-order valence-corrected chi connectivity index (χ2v) is 7.75. The molecule has 4 heteroatoms. The van der Waals surface area contributed by atoms with Crippen LogP contribution in [0.15, 0.2) is 18.2 Å². The Morgan fingerprint density at radius 1 is 1.08 bits per heavy atom. The molecule has 1 saturated carbocycles. The van der Waals surface area contributed by atoms with E-state index in [0.717, 1.165) is 29.7 Å². The molecular weight excluding hydrogens is 312 g/mol. The van der Waals surface area contributed by atoms with Crippen molar-refractivity contribution in [2.45, 2.75) is 78.2 Å². The fourth-order valence-electron chi connectivity index (χ4n) is 3.66. The van der Waals surface area contributed by atoms with Gasteiger partial charge in [0.15, 0.2) is 0 Å². The molecule has 0 radical (unpaired) electrons. The first kappa shape index (κ1) is 19.5. The zero-order valence-corrected chi connectivity index (χ0v) is 16.3. The first-order valence-corrected chi connectivity index (χ1v) is 9.51. The van der Waals surface area contributed by atoms with Crippen molar-refractivity contribution in [1.82, 2.24) is 5.32 Å². The number of para-hydroxylation sites is 1. The second kappa shape index (κ2) is 8.50. The summed E-state index contributed by atoms with van der Waals surface area (Å²) in [5.74, 6) is 0.425. The molecule has 1 aliphatic carbocycles. The minimum atomic E-state index is -0.0865. The van der Waals surface area contributed by atoms with Crippen molar-refractivity contribution in [1.29, 1.82) is 0 Å². The van der Waals surface area contributed by atoms with Crippen LogP contribution in [0.2, 0.25) is 0 Å². The Hall–Kier alpha value is -1.84. The number of anilines is 1. The Morgan fingerprint density at radius 3 is 2.04 bits per heavy atom. The van der Waals surface area contributed by atoms with Crippen molar-refractivity contribution in [2.24, 2.45) is 0 Å². The maximum Gasteiger partial charge on any atom is 0.240 e. The number of carbonyl (C=O) groups excluding carboxylic acids is 2. The molecular formula is C21H32N2O2. The highest BCUT2D eigenvalue weighted by Crippen LogP contribution is 2.35. The van der Waals surface area contributed by atoms with Gasteiger partial charge in [0.1, 0.15) is 6.54 Å². The molecule has 1 aromatic carbocycles. The van der Waals surface area contributed by atoms with Gasteiger partial charge in [-0.3, -0.25) is 9.59 Å². The fourth-order valence-corrected chi connectivity index (χ4v) is 3.66. The minimum Gasteiger partial charge on any atom is -0.352 e. The molecule has 0 spiro atoms. The number of amides is 2. The Kier molecular flexibility index (Phi) is 6.63. The molecule has 2 amide bonds. The monoisotopic (exact) mass is 344 g/mol. The maximum absolute atomic E-state index is 12.5. The van der Waals surface area contributed by atoms with Gasteiger partial charge >= 0.3 is 0 Å². The standard InChI is InChI=1S/C21H32N2O2/c1-14(2)18-11-8-12-19(15(3)4)21(18)23(16(5)24)13-20(25)22-17-9-6-7-10-17/h8,11-12,14-15,17H,6-7,9-10,13H2,1-5H3,(H,22,25). The molecule has 0 aliphatic heterocycles. The molecule has 2 rings (SSSR count). The Bertz CT molecular complexity index is 590. The Balaban J connectivity index is 2.32. The lowest BCUT2D eigenvalue weighted by Gasteiger charge is -2.29. The van der Waals surface area contributed by atoms with Crippen molar-refractivity contribution < 1.29 is 9.59 Å². The fraction of sp³-hybridized carbons (Fsp3) is 0.619. The van der Waals surface area contributed by atoms with Crippen LogP contribution in [0.5, 0.6) is 0 Å². The number of carbonyl (C=O) groups is 2. The third-order valence-electron chi connectivity index (χ3n) is 5.01. The quantitative estimate of drug-likeness (QED) is 0.834. The molecule has 0 aromatic heterocycles. The van der Waals surface area contributed by atoms with E-state index in [0.29, 0.717) is 0 Å². The highest BCUT2D eigenvalue weighted by Gasteiger charge is 2.25. The lowest BCUT2D eigenvalue weighted by Crippen LogP contribution is -2.43.